The van der Waals surface area contributed by atoms with Crippen molar-refractivity contribution in [3.8, 4) is 0 Å². The highest BCUT2D eigenvalue weighted by Gasteiger charge is 2.23. The number of nitrogens with zero attached hydrogens (tertiary/aromatic N) is 4. The van der Waals surface area contributed by atoms with Gasteiger partial charge in [0.1, 0.15) is 0 Å². The van der Waals surface area contributed by atoms with Gasteiger partial charge in [0, 0.05) is 24.8 Å². The molecular weight excluding hydrogens is 384 g/mol. The summed E-state index contributed by atoms with van der Waals surface area (Å²) < 4.78 is 0. The molecule has 0 aliphatic heterocycles. The third-order valence-electron chi connectivity index (χ3n) is 4.07. The van der Waals surface area contributed by atoms with Crippen molar-refractivity contribution in [2.75, 3.05) is 0 Å². The number of aromatic nitrogens is 4. The van der Waals surface area contributed by atoms with Crippen LogP contribution in [-0.2, 0) is 0 Å². The standard InChI is InChI=1S/C22H18N4S2/c1-5-13-23-17(9-1)21(18-10-2-6-14-24-18)27-28-22(19-11-3-7-15-25-19)20-12-4-8-16-26-20/h1-16,21-22H. The molecule has 4 nitrogen and oxygen atoms in total. The summed E-state index contributed by atoms with van der Waals surface area (Å²) in [4.78, 5) is 18.3. The van der Waals surface area contributed by atoms with Crippen LogP contribution in [0.3, 0.4) is 0 Å². The van der Waals surface area contributed by atoms with Crippen molar-refractivity contribution in [1.29, 1.82) is 0 Å². The molecule has 0 aliphatic carbocycles. The van der Waals surface area contributed by atoms with Crippen LogP contribution in [0.5, 0.6) is 0 Å². The Kier molecular flexibility index (Phi) is 6.32. The van der Waals surface area contributed by atoms with Gasteiger partial charge in [-0.1, -0.05) is 45.9 Å². The molecule has 6 heteroatoms. The monoisotopic (exact) mass is 402 g/mol. The minimum atomic E-state index is 0.0160. The molecule has 4 rings (SSSR count). The molecule has 0 aliphatic rings. The highest BCUT2D eigenvalue weighted by Crippen LogP contribution is 2.49. The lowest BCUT2D eigenvalue weighted by Crippen LogP contribution is -2.03. The molecule has 4 heterocycles. The Hall–Kier alpha value is -2.70. The van der Waals surface area contributed by atoms with Crippen LogP contribution in [0.25, 0.3) is 0 Å². The zero-order valence-electron chi connectivity index (χ0n) is 15.0. The molecule has 0 radical (unpaired) electrons. The summed E-state index contributed by atoms with van der Waals surface area (Å²) in [5.74, 6) is 0. The van der Waals surface area contributed by atoms with E-state index in [1.54, 1.807) is 21.6 Å². The van der Waals surface area contributed by atoms with Gasteiger partial charge < -0.3 is 0 Å². The van der Waals surface area contributed by atoms with E-state index in [1.807, 2.05) is 97.6 Å². The van der Waals surface area contributed by atoms with E-state index in [-0.39, 0.29) is 10.5 Å². The van der Waals surface area contributed by atoms with Crippen LogP contribution in [0.4, 0.5) is 0 Å². The van der Waals surface area contributed by atoms with Crippen LogP contribution in [-0.4, -0.2) is 19.9 Å². The topological polar surface area (TPSA) is 51.6 Å². The first kappa shape index (κ1) is 18.7. The smallest absolute Gasteiger partial charge is 0.0994 e. The lowest BCUT2D eigenvalue weighted by atomic mass is 10.2. The maximum absolute atomic E-state index is 4.57. The molecule has 138 valence electrons. The van der Waals surface area contributed by atoms with E-state index in [4.69, 9.17) is 0 Å². The highest BCUT2D eigenvalue weighted by molar-refractivity contribution is 8.76. The van der Waals surface area contributed by atoms with Crippen molar-refractivity contribution < 1.29 is 0 Å². The summed E-state index contributed by atoms with van der Waals surface area (Å²) in [7, 11) is 3.47. The van der Waals surface area contributed by atoms with E-state index >= 15 is 0 Å². The van der Waals surface area contributed by atoms with Crippen LogP contribution in [0, 0.1) is 0 Å². The molecule has 0 bridgehead atoms. The minimum Gasteiger partial charge on any atom is -0.260 e. The van der Waals surface area contributed by atoms with Gasteiger partial charge in [-0.2, -0.15) is 0 Å². The zero-order chi connectivity index (χ0) is 19.0. The van der Waals surface area contributed by atoms with E-state index in [9.17, 15) is 0 Å². The first-order chi connectivity index (χ1) is 13.9. The Balaban J connectivity index is 1.64. The maximum Gasteiger partial charge on any atom is 0.0994 e. The summed E-state index contributed by atoms with van der Waals surface area (Å²) in [6.45, 7) is 0. The third kappa shape index (κ3) is 4.58. The van der Waals surface area contributed by atoms with E-state index in [0.29, 0.717) is 0 Å². The molecule has 0 atom stereocenters. The van der Waals surface area contributed by atoms with Crippen LogP contribution < -0.4 is 0 Å². The lowest BCUT2D eigenvalue weighted by molar-refractivity contribution is 0.988. The van der Waals surface area contributed by atoms with Crippen LogP contribution >= 0.6 is 21.6 Å². The molecule has 0 amide bonds. The summed E-state index contributed by atoms with van der Waals surface area (Å²) >= 11 is 0. The Morgan fingerprint density at radius 3 is 0.929 bits per heavy atom. The fraction of sp³-hybridized carbons (Fsp3) is 0.0909. The number of rotatable bonds is 7. The maximum atomic E-state index is 4.57. The van der Waals surface area contributed by atoms with Crippen molar-refractivity contribution >= 4 is 21.6 Å². The second-order valence-electron chi connectivity index (χ2n) is 5.97. The summed E-state index contributed by atoms with van der Waals surface area (Å²) in [5, 5.41) is 0.0321. The Labute approximate surface area is 172 Å². The van der Waals surface area contributed by atoms with Crippen molar-refractivity contribution in [2.24, 2.45) is 0 Å². The zero-order valence-corrected chi connectivity index (χ0v) is 16.6. The van der Waals surface area contributed by atoms with Gasteiger partial charge in [-0.25, -0.2) is 0 Å². The van der Waals surface area contributed by atoms with E-state index in [0.717, 1.165) is 22.8 Å². The van der Waals surface area contributed by atoms with Gasteiger partial charge in [-0.3, -0.25) is 19.9 Å². The second kappa shape index (κ2) is 9.48. The Bertz CT molecular complexity index is 808. The number of hydrogen-bond donors (Lipinski definition) is 0. The van der Waals surface area contributed by atoms with Crippen molar-refractivity contribution in [2.45, 2.75) is 10.5 Å². The molecule has 0 fully saturated rings. The first-order valence-electron chi connectivity index (χ1n) is 8.87. The molecule has 28 heavy (non-hydrogen) atoms. The molecular formula is C22H18N4S2. The van der Waals surface area contributed by atoms with Crippen molar-refractivity contribution in [3.05, 3.63) is 120 Å². The molecule has 4 aromatic rings. The highest BCUT2D eigenvalue weighted by atomic mass is 33.1. The second-order valence-corrected chi connectivity index (χ2v) is 8.45. The minimum absolute atomic E-state index is 0.0160. The molecule has 0 N–H and O–H groups in total. The molecule has 0 saturated carbocycles. The van der Waals surface area contributed by atoms with Gasteiger partial charge in [-0.05, 0) is 48.5 Å². The average molecular weight is 403 g/mol. The van der Waals surface area contributed by atoms with Gasteiger partial charge in [0.25, 0.3) is 0 Å². The van der Waals surface area contributed by atoms with Gasteiger partial charge in [-0.15, -0.1) is 0 Å². The van der Waals surface area contributed by atoms with Gasteiger partial charge in [0.05, 0.1) is 33.3 Å². The van der Waals surface area contributed by atoms with Crippen molar-refractivity contribution in [3.63, 3.8) is 0 Å². The fourth-order valence-corrected chi connectivity index (χ4v) is 5.76. The van der Waals surface area contributed by atoms with Crippen LogP contribution in [0.1, 0.15) is 33.3 Å². The quantitative estimate of drug-likeness (QED) is 0.379. The van der Waals surface area contributed by atoms with E-state index in [1.165, 1.54) is 0 Å². The molecule has 0 unspecified atom stereocenters. The van der Waals surface area contributed by atoms with Crippen LogP contribution in [0.2, 0.25) is 0 Å². The summed E-state index contributed by atoms with van der Waals surface area (Å²) in [6.07, 6.45) is 7.30. The third-order valence-corrected chi connectivity index (χ3v) is 7.02. The predicted molar refractivity (Wildman–Crippen MR) is 116 cm³/mol. The molecule has 4 aromatic heterocycles. The van der Waals surface area contributed by atoms with E-state index in [2.05, 4.69) is 19.9 Å². The number of pyridine rings is 4. The van der Waals surface area contributed by atoms with Gasteiger partial charge in [0.15, 0.2) is 0 Å². The Morgan fingerprint density at radius 1 is 0.429 bits per heavy atom. The van der Waals surface area contributed by atoms with Gasteiger partial charge in [0.2, 0.25) is 0 Å². The molecule has 0 aromatic carbocycles. The van der Waals surface area contributed by atoms with E-state index < -0.39 is 0 Å². The number of hydrogen-bond acceptors (Lipinski definition) is 6. The van der Waals surface area contributed by atoms with Crippen LogP contribution in [0.15, 0.2) is 97.6 Å². The molecule has 0 saturated heterocycles. The normalized spacial score (nSPS) is 11.1. The first-order valence-corrected chi connectivity index (χ1v) is 11.2. The lowest BCUT2D eigenvalue weighted by Gasteiger charge is -2.19. The summed E-state index contributed by atoms with van der Waals surface area (Å²) in [6, 6.07) is 24.0. The largest absolute Gasteiger partial charge is 0.260 e. The summed E-state index contributed by atoms with van der Waals surface area (Å²) in [5.41, 5.74) is 3.94. The average Bonchev–Trinajstić information content (AvgIpc) is 2.79. The SMILES string of the molecule is c1ccc(C(SSC(c2ccccn2)c2ccccn2)c2ccccn2)nc1. The molecule has 0 spiro atoms. The Morgan fingerprint density at radius 2 is 0.714 bits per heavy atom. The fourth-order valence-electron chi connectivity index (χ4n) is 2.74. The van der Waals surface area contributed by atoms with Gasteiger partial charge >= 0.3 is 0 Å². The van der Waals surface area contributed by atoms with Crippen molar-refractivity contribution in [1.82, 2.24) is 19.9 Å². The predicted octanol–water partition coefficient (Wildman–Crippen LogP) is 5.53.